The molecule has 1 saturated heterocycles. The van der Waals surface area contributed by atoms with Crippen molar-refractivity contribution in [2.75, 3.05) is 18.8 Å². The first-order valence-corrected chi connectivity index (χ1v) is 7.47. The average molecular weight is 266 g/mol. The van der Waals surface area contributed by atoms with Crippen molar-refractivity contribution < 1.29 is 0 Å². The Labute approximate surface area is 121 Å². The summed E-state index contributed by atoms with van der Waals surface area (Å²) < 4.78 is 0. The zero-order valence-electron chi connectivity index (χ0n) is 11.8. The van der Waals surface area contributed by atoms with Gasteiger partial charge in [0.05, 0.1) is 0 Å². The molecule has 2 heteroatoms. The van der Waals surface area contributed by atoms with Crippen molar-refractivity contribution in [1.29, 1.82) is 0 Å². The Kier molecular flexibility index (Phi) is 4.03. The van der Waals surface area contributed by atoms with Gasteiger partial charge in [0.2, 0.25) is 0 Å². The number of para-hydroxylation sites is 1. The van der Waals surface area contributed by atoms with E-state index in [9.17, 15) is 0 Å². The van der Waals surface area contributed by atoms with Gasteiger partial charge in [0.1, 0.15) is 0 Å². The lowest BCUT2D eigenvalue weighted by molar-refractivity contribution is 0.260. The summed E-state index contributed by atoms with van der Waals surface area (Å²) in [5, 5.41) is 0. The van der Waals surface area contributed by atoms with Gasteiger partial charge in [-0.1, -0.05) is 48.5 Å². The lowest BCUT2D eigenvalue weighted by Gasteiger charge is -2.25. The van der Waals surface area contributed by atoms with Gasteiger partial charge < -0.3 is 5.73 Å². The van der Waals surface area contributed by atoms with E-state index in [0.29, 0.717) is 6.04 Å². The lowest BCUT2D eigenvalue weighted by atomic mass is 10.0. The van der Waals surface area contributed by atoms with Gasteiger partial charge in [-0.25, -0.2) is 0 Å². The Hall–Kier alpha value is -1.80. The highest BCUT2D eigenvalue weighted by Crippen LogP contribution is 2.31. The van der Waals surface area contributed by atoms with Gasteiger partial charge in [-0.05, 0) is 43.0 Å². The Morgan fingerprint density at radius 3 is 2.55 bits per heavy atom. The van der Waals surface area contributed by atoms with Crippen molar-refractivity contribution in [3.8, 4) is 0 Å². The Morgan fingerprint density at radius 1 is 1.00 bits per heavy atom. The molecule has 2 aromatic carbocycles. The number of rotatable bonds is 4. The van der Waals surface area contributed by atoms with Crippen molar-refractivity contribution in [2.24, 2.45) is 0 Å². The van der Waals surface area contributed by atoms with E-state index in [2.05, 4.69) is 47.4 Å². The van der Waals surface area contributed by atoms with E-state index in [1.54, 1.807) is 0 Å². The highest BCUT2D eigenvalue weighted by atomic mass is 15.2. The molecule has 3 rings (SSSR count). The van der Waals surface area contributed by atoms with E-state index in [1.807, 2.05) is 12.1 Å². The average Bonchev–Trinajstić information content (AvgIpc) is 2.96. The molecule has 0 saturated carbocycles. The maximum atomic E-state index is 6.03. The maximum Gasteiger partial charge on any atom is 0.0348 e. The first-order chi connectivity index (χ1) is 9.84. The molecule has 2 aromatic rings. The maximum absolute atomic E-state index is 6.03. The smallest absolute Gasteiger partial charge is 0.0348 e. The quantitative estimate of drug-likeness (QED) is 0.856. The molecule has 0 radical (unpaired) electrons. The van der Waals surface area contributed by atoms with Crippen molar-refractivity contribution in [3.05, 3.63) is 65.7 Å². The highest BCUT2D eigenvalue weighted by Gasteiger charge is 2.25. The topological polar surface area (TPSA) is 29.3 Å². The molecule has 0 spiro atoms. The van der Waals surface area contributed by atoms with Crippen molar-refractivity contribution in [1.82, 2.24) is 4.90 Å². The fourth-order valence-electron chi connectivity index (χ4n) is 3.17. The third-order valence-corrected chi connectivity index (χ3v) is 4.27. The van der Waals surface area contributed by atoms with Crippen LogP contribution in [0.2, 0.25) is 0 Å². The van der Waals surface area contributed by atoms with E-state index >= 15 is 0 Å². The largest absolute Gasteiger partial charge is 0.399 e. The number of anilines is 1. The van der Waals surface area contributed by atoms with Gasteiger partial charge >= 0.3 is 0 Å². The molecule has 0 amide bonds. The third kappa shape index (κ3) is 2.86. The number of nitrogens with two attached hydrogens (primary N) is 1. The van der Waals surface area contributed by atoms with E-state index in [4.69, 9.17) is 5.73 Å². The standard InChI is InChI=1S/C18H22N2/c19-17-10-5-4-7-15(17)12-14-20-13-6-11-18(20)16-8-2-1-3-9-16/h1-5,7-10,18H,6,11-14,19H2. The zero-order chi connectivity index (χ0) is 13.8. The predicted octanol–water partition coefficient (Wildman–Crippen LogP) is 3.65. The molecule has 1 aliphatic heterocycles. The molecule has 2 N–H and O–H groups in total. The summed E-state index contributed by atoms with van der Waals surface area (Å²) in [6.45, 7) is 2.29. The second kappa shape index (κ2) is 6.10. The van der Waals surface area contributed by atoms with Crippen LogP contribution < -0.4 is 5.73 Å². The van der Waals surface area contributed by atoms with Gasteiger partial charge in [-0.3, -0.25) is 4.90 Å². The molecule has 1 fully saturated rings. The van der Waals surface area contributed by atoms with Gasteiger partial charge in [-0.2, -0.15) is 0 Å². The SMILES string of the molecule is Nc1ccccc1CCN1CCCC1c1ccccc1. The van der Waals surface area contributed by atoms with Crippen molar-refractivity contribution in [2.45, 2.75) is 25.3 Å². The van der Waals surface area contributed by atoms with Crippen LogP contribution >= 0.6 is 0 Å². The normalized spacial score (nSPS) is 19.3. The summed E-state index contributed by atoms with van der Waals surface area (Å²) in [6.07, 6.45) is 3.61. The van der Waals surface area contributed by atoms with Gasteiger partial charge in [0, 0.05) is 18.3 Å². The minimum atomic E-state index is 0.584. The summed E-state index contributed by atoms with van der Waals surface area (Å²) in [5.74, 6) is 0. The fourth-order valence-corrected chi connectivity index (χ4v) is 3.17. The van der Waals surface area contributed by atoms with Crippen LogP contribution in [0.5, 0.6) is 0 Å². The second-order valence-corrected chi connectivity index (χ2v) is 5.55. The van der Waals surface area contributed by atoms with Crippen LogP contribution in [0.1, 0.15) is 30.0 Å². The fraction of sp³-hybridized carbons (Fsp3) is 0.333. The predicted molar refractivity (Wildman–Crippen MR) is 84.5 cm³/mol. The van der Waals surface area contributed by atoms with Crippen LogP contribution in [0.15, 0.2) is 54.6 Å². The first-order valence-electron chi connectivity index (χ1n) is 7.47. The summed E-state index contributed by atoms with van der Waals surface area (Å²) in [4.78, 5) is 2.60. The summed E-state index contributed by atoms with van der Waals surface area (Å²) in [6, 6.07) is 19.7. The van der Waals surface area contributed by atoms with E-state index in [0.717, 1.165) is 18.7 Å². The van der Waals surface area contributed by atoms with Crippen LogP contribution in [-0.2, 0) is 6.42 Å². The lowest BCUT2D eigenvalue weighted by Crippen LogP contribution is -2.25. The highest BCUT2D eigenvalue weighted by molar-refractivity contribution is 5.46. The number of nitrogens with zero attached hydrogens (tertiary/aromatic N) is 1. The van der Waals surface area contributed by atoms with E-state index in [-0.39, 0.29) is 0 Å². The van der Waals surface area contributed by atoms with E-state index in [1.165, 1.54) is 30.5 Å². The molecule has 1 heterocycles. The number of benzene rings is 2. The molecule has 1 aliphatic rings. The molecule has 104 valence electrons. The van der Waals surface area contributed by atoms with Gasteiger partial charge in [-0.15, -0.1) is 0 Å². The monoisotopic (exact) mass is 266 g/mol. The van der Waals surface area contributed by atoms with Crippen LogP contribution in [0.4, 0.5) is 5.69 Å². The number of hydrogen-bond donors (Lipinski definition) is 1. The van der Waals surface area contributed by atoms with Crippen LogP contribution in [0, 0.1) is 0 Å². The summed E-state index contributed by atoms with van der Waals surface area (Å²) in [7, 11) is 0. The number of nitrogen functional groups attached to an aromatic ring is 1. The molecule has 0 bridgehead atoms. The second-order valence-electron chi connectivity index (χ2n) is 5.55. The summed E-state index contributed by atoms with van der Waals surface area (Å²) >= 11 is 0. The number of likely N-dealkylation sites (tertiary alicyclic amines) is 1. The molecule has 2 nitrogen and oxygen atoms in total. The molecule has 1 unspecified atom stereocenters. The number of hydrogen-bond acceptors (Lipinski definition) is 2. The van der Waals surface area contributed by atoms with Crippen LogP contribution in [-0.4, -0.2) is 18.0 Å². The van der Waals surface area contributed by atoms with Gasteiger partial charge in [0.25, 0.3) is 0 Å². The molecular formula is C18H22N2. The first kappa shape index (κ1) is 13.2. The van der Waals surface area contributed by atoms with Crippen LogP contribution in [0.3, 0.4) is 0 Å². The minimum Gasteiger partial charge on any atom is -0.399 e. The Balaban J connectivity index is 1.67. The van der Waals surface area contributed by atoms with Crippen LogP contribution in [0.25, 0.3) is 0 Å². The zero-order valence-corrected chi connectivity index (χ0v) is 11.8. The molecular weight excluding hydrogens is 244 g/mol. The molecule has 0 aliphatic carbocycles. The Bertz CT molecular complexity index is 550. The Morgan fingerprint density at radius 2 is 1.75 bits per heavy atom. The minimum absolute atomic E-state index is 0.584. The van der Waals surface area contributed by atoms with Gasteiger partial charge in [0.15, 0.2) is 0 Å². The van der Waals surface area contributed by atoms with E-state index < -0.39 is 0 Å². The van der Waals surface area contributed by atoms with Crippen molar-refractivity contribution >= 4 is 5.69 Å². The summed E-state index contributed by atoms with van der Waals surface area (Å²) in [5.41, 5.74) is 9.67. The van der Waals surface area contributed by atoms with Crippen molar-refractivity contribution in [3.63, 3.8) is 0 Å². The molecule has 0 aromatic heterocycles. The molecule has 20 heavy (non-hydrogen) atoms. The third-order valence-electron chi connectivity index (χ3n) is 4.27. The molecule has 1 atom stereocenters.